The summed E-state index contributed by atoms with van der Waals surface area (Å²) in [6.07, 6.45) is 3.16. The minimum absolute atomic E-state index is 0.0230. The minimum atomic E-state index is -0.178. The third kappa shape index (κ3) is 1.90. The number of carbonyl (C=O) groups is 2. The average Bonchev–Trinajstić information content (AvgIpc) is 2.03. The van der Waals surface area contributed by atoms with Crippen molar-refractivity contribution >= 4 is 12.1 Å². The van der Waals surface area contributed by atoms with Crippen molar-refractivity contribution in [3.8, 4) is 0 Å². The molecule has 1 aliphatic carbocycles. The van der Waals surface area contributed by atoms with E-state index in [1.165, 1.54) is 13.2 Å². The zero-order valence-corrected chi connectivity index (χ0v) is 6.37. The van der Waals surface area contributed by atoms with Gasteiger partial charge < -0.3 is 9.53 Å². The van der Waals surface area contributed by atoms with Crippen LogP contribution < -0.4 is 0 Å². The van der Waals surface area contributed by atoms with Crippen molar-refractivity contribution in [3.05, 3.63) is 11.8 Å². The molecule has 0 bridgehead atoms. The topological polar surface area (TPSA) is 43.4 Å². The van der Waals surface area contributed by atoms with Gasteiger partial charge in [-0.15, -0.1) is 0 Å². The second-order valence-electron chi connectivity index (χ2n) is 2.59. The van der Waals surface area contributed by atoms with Crippen LogP contribution in [0.4, 0.5) is 0 Å². The van der Waals surface area contributed by atoms with E-state index in [0.717, 1.165) is 6.29 Å². The van der Waals surface area contributed by atoms with E-state index < -0.39 is 0 Å². The number of carbonyl (C=O) groups excluding carboxylic acids is 2. The first-order chi connectivity index (χ1) is 5.26. The molecule has 1 unspecified atom stereocenters. The number of ether oxygens (including phenoxy) is 1. The van der Waals surface area contributed by atoms with E-state index in [2.05, 4.69) is 0 Å². The predicted molar refractivity (Wildman–Crippen MR) is 38.9 cm³/mol. The molecule has 0 aromatic heterocycles. The fraction of sp³-hybridized carbons (Fsp3) is 0.500. The summed E-state index contributed by atoms with van der Waals surface area (Å²) in [5.74, 6) is 0.408. The highest BCUT2D eigenvalue weighted by molar-refractivity contribution is 5.92. The molecule has 0 spiro atoms. The molecule has 1 atom stereocenters. The molecule has 60 valence electrons. The van der Waals surface area contributed by atoms with Crippen LogP contribution in [0, 0.1) is 5.92 Å². The highest BCUT2D eigenvalue weighted by Crippen LogP contribution is 2.20. The number of rotatable bonds is 2. The van der Waals surface area contributed by atoms with E-state index in [9.17, 15) is 9.59 Å². The second-order valence-corrected chi connectivity index (χ2v) is 2.59. The van der Waals surface area contributed by atoms with E-state index >= 15 is 0 Å². The summed E-state index contributed by atoms with van der Waals surface area (Å²) in [5, 5.41) is 0. The van der Waals surface area contributed by atoms with Crippen molar-refractivity contribution in [2.45, 2.75) is 12.8 Å². The number of hydrogen-bond acceptors (Lipinski definition) is 3. The molecule has 0 saturated heterocycles. The van der Waals surface area contributed by atoms with Crippen LogP contribution in [0.5, 0.6) is 0 Å². The smallest absolute Gasteiger partial charge is 0.159 e. The maximum atomic E-state index is 10.9. The van der Waals surface area contributed by atoms with Crippen LogP contribution in [0.15, 0.2) is 11.8 Å². The number of hydrogen-bond donors (Lipinski definition) is 0. The monoisotopic (exact) mass is 154 g/mol. The maximum Gasteiger partial charge on any atom is 0.159 e. The number of methoxy groups -OCH3 is 1. The van der Waals surface area contributed by atoms with Crippen LogP contribution in [0.25, 0.3) is 0 Å². The Labute approximate surface area is 65.0 Å². The molecule has 0 aromatic carbocycles. The summed E-state index contributed by atoms with van der Waals surface area (Å²) < 4.78 is 4.88. The molecule has 11 heavy (non-hydrogen) atoms. The third-order valence-corrected chi connectivity index (χ3v) is 1.70. The maximum absolute atomic E-state index is 10.9. The standard InChI is InChI=1S/C8H10O3/c1-11-8-3-6(5-9)2-7(10)4-8/h4-6H,2-3H2,1H3. The molecule has 0 radical (unpaired) electrons. The van der Waals surface area contributed by atoms with E-state index in [1.54, 1.807) is 0 Å². The molecule has 0 saturated carbocycles. The Morgan fingerprint density at radius 3 is 2.91 bits per heavy atom. The Bertz CT molecular complexity index is 205. The lowest BCUT2D eigenvalue weighted by Crippen LogP contribution is -2.15. The van der Waals surface area contributed by atoms with Crippen LogP contribution in [-0.2, 0) is 14.3 Å². The largest absolute Gasteiger partial charge is 0.501 e. The van der Waals surface area contributed by atoms with Crippen molar-refractivity contribution in [2.75, 3.05) is 7.11 Å². The summed E-state index contributed by atoms with van der Waals surface area (Å²) in [4.78, 5) is 21.2. The van der Waals surface area contributed by atoms with E-state index in [1.807, 2.05) is 0 Å². The molecular formula is C8H10O3. The van der Waals surface area contributed by atoms with Crippen molar-refractivity contribution in [1.29, 1.82) is 0 Å². The molecule has 1 aliphatic rings. The zero-order chi connectivity index (χ0) is 8.27. The molecule has 0 N–H and O–H groups in total. The Morgan fingerprint density at radius 1 is 1.64 bits per heavy atom. The molecule has 0 amide bonds. The molecule has 1 rings (SSSR count). The van der Waals surface area contributed by atoms with Crippen LogP contribution in [0.2, 0.25) is 0 Å². The van der Waals surface area contributed by atoms with Gasteiger partial charge in [0.15, 0.2) is 5.78 Å². The molecule has 0 aliphatic heterocycles. The van der Waals surface area contributed by atoms with Gasteiger partial charge in [-0.05, 0) is 0 Å². The van der Waals surface area contributed by atoms with Gasteiger partial charge in [0.2, 0.25) is 0 Å². The summed E-state index contributed by atoms with van der Waals surface area (Å²) >= 11 is 0. The Balaban J connectivity index is 2.68. The van der Waals surface area contributed by atoms with Crippen LogP contribution in [-0.4, -0.2) is 19.2 Å². The van der Waals surface area contributed by atoms with Crippen LogP contribution >= 0.6 is 0 Å². The summed E-state index contributed by atoms with van der Waals surface area (Å²) in [7, 11) is 1.51. The quantitative estimate of drug-likeness (QED) is 0.550. The lowest BCUT2D eigenvalue weighted by molar-refractivity contribution is -0.120. The number of allylic oxidation sites excluding steroid dienone is 2. The first kappa shape index (κ1) is 7.98. The lowest BCUT2D eigenvalue weighted by atomic mass is 9.94. The van der Waals surface area contributed by atoms with E-state index in [4.69, 9.17) is 4.74 Å². The van der Waals surface area contributed by atoms with Crippen molar-refractivity contribution in [1.82, 2.24) is 0 Å². The number of aldehydes is 1. The van der Waals surface area contributed by atoms with Crippen molar-refractivity contribution in [3.63, 3.8) is 0 Å². The van der Waals surface area contributed by atoms with Gasteiger partial charge in [0, 0.05) is 24.8 Å². The van der Waals surface area contributed by atoms with Crippen LogP contribution in [0.1, 0.15) is 12.8 Å². The third-order valence-electron chi connectivity index (χ3n) is 1.70. The Morgan fingerprint density at radius 2 is 2.36 bits per heavy atom. The van der Waals surface area contributed by atoms with E-state index in [-0.39, 0.29) is 11.7 Å². The van der Waals surface area contributed by atoms with Gasteiger partial charge in [0.25, 0.3) is 0 Å². The fourth-order valence-corrected chi connectivity index (χ4v) is 1.12. The van der Waals surface area contributed by atoms with E-state index in [0.29, 0.717) is 18.6 Å². The molecule has 0 heterocycles. The molecule has 0 aromatic rings. The second kappa shape index (κ2) is 3.32. The Kier molecular flexibility index (Phi) is 2.41. The number of ketones is 1. The SMILES string of the molecule is COC1=CC(=O)CC(C=O)C1. The minimum Gasteiger partial charge on any atom is -0.501 e. The average molecular weight is 154 g/mol. The summed E-state index contributed by atoms with van der Waals surface area (Å²) in [6, 6.07) is 0. The highest BCUT2D eigenvalue weighted by Gasteiger charge is 2.20. The highest BCUT2D eigenvalue weighted by atomic mass is 16.5. The fourth-order valence-electron chi connectivity index (χ4n) is 1.12. The Hall–Kier alpha value is -1.12. The van der Waals surface area contributed by atoms with Gasteiger partial charge in [0.1, 0.15) is 6.29 Å². The van der Waals surface area contributed by atoms with Gasteiger partial charge in [-0.3, -0.25) is 4.79 Å². The van der Waals surface area contributed by atoms with Gasteiger partial charge >= 0.3 is 0 Å². The predicted octanol–water partition coefficient (Wildman–Crippen LogP) is 0.695. The van der Waals surface area contributed by atoms with Gasteiger partial charge in [-0.2, -0.15) is 0 Å². The first-order valence-electron chi connectivity index (χ1n) is 3.49. The van der Waals surface area contributed by atoms with Gasteiger partial charge in [-0.25, -0.2) is 0 Å². The molecule has 3 nitrogen and oxygen atoms in total. The summed E-state index contributed by atoms with van der Waals surface area (Å²) in [5.41, 5.74) is 0. The normalized spacial score (nSPS) is 24.3. The molecule has 3 heteroatoms. The first-order valence-corrected chi connectivity index (χ1v) is 3.49. The summed E-state index contributed by atoms with van der Waals surface area (Å²) in [6.45, 7) is 0. The van der Waals surface area contributed by atoms with Crippen molar-refractivity contribution in [2.24, 2.45) is 5.92 Å². The zero-order valence-electron chi connectivity index (χ0n) is 6.37. The molecular weight excluding hydrogens is 144 g/mol. The van der Waals surface area contributed by atoms with Gasteiger partial charge in [0.05, 0.1) is 12.9 Å². The molecule has 0 fully saturated rings. The van der Waals surface area contributed by atoms with Crippen molar-refractivity contribution < 1.29 is 14.3 Å². The lowest BCUT2D eigenvalue weighted by Gasteiger charge is -2.15. The van der Waals surface area contributed by atoms with Crippen LogP contribution in [0.3, 0.4) is 0 Å². The van der Waals surface area contributed by atoms with Gasteiger partial charge in [-0.1, -0.05) is 0 Å².